The molecule has 0 spiro atoms. The third kappa shape index (κ3) is 63.3. The van der Waals surface area contributed by atoms with Gasteiger partial charge in [-0.15, -0.1) is 0 Å². The second-order valence-corrected chi connectivity index (χ2v) is 22.0. The van der Waals surface area contributed by atoms with Gasteiger partial charge in [0.2, 0.25) is 0 Å². The van der Waals surface area contributed by atoms with E-state index in [0.717, 1.165) is 96.3 Å². The largest absolute Gasteiger partial charge is 0.462 e. The molecule has 0 radical (unpaired) electrons. The van der Waals surface area contributed by atoms with Crippen LogP contribution in [0.1, 0.15) is 329 Å². The van der Waals surface area contributed by atoms with E-state index in [-0.39, 0.29) is 31.1 Å². The van der Waals surface area contributed by atoms with E-state index in [4.69, 9.17) is 14.2 Å². The van der Waals surface area contributed by atoms with E-state index >= 15 is 0 Å². The fourth-order valence-corrected chi connectivity index (χ4v) is 9.40. The summed E-state index contributed by atoms with van der Waals surface area (Å²) in [5.41, 5.74) is 0. The summed E-state index contributed by atoms with van der Waals surface area (Å²) in [7, 11) is 0. The average molecular weight is 1070 g/mol. The van der Waals surface area contributed by atoms with Gasteiger partial charge in [0, 0.05) is 19.3 Å². The highest BCUT2D eigenvalue weighted by atomic mass is 16.6. The Balaban J connectivity index is 4.30. The van der Waals surface area contributed by atoms with Gasteiger partial charge >= 0.3 is 17.9 Å². The van der Waals surface area contributed by atoms with Gasteiger partial charge in [0.25, 0.3) is 0 Å². The molecule has 0 aromatic heterocycles. The van der Waals surface area contributed by atoms with Crippen LogP contribution in [0.2, 0.25) is 0 Å². The molecule has 0 saturated carbocycles. The maximum absolute atomic E-state index is 12.9. The number of hydrogen-bond acceptors (Lipinski definition) is 6. The molecule has 0 bridgehead atoms. The zero-order valence-corrected chi connectivity index (χ0v) is 51.0. The Hall–Kier alpha value is -3.41. The van der Waals surface area contributed by atoms with Crippen LogP contribution in [-0.4, -0.2) is 37.2 Å². The lowest BCUT2D eigenvalue weighted by Gasteiger charge is -2.18. The summed E-state index contributed by atoms with van der Waals surface area (Å²) in [6, 6.07) is 0. The summed E-state index contributed by atoms with van der Waals surface area (Å²) < 4.78 is 16.9. The monoisotopic (exact) mass is 1070 g/mol. The Morgan fingerprint density at radius 2 is 0.506 bits per heavy atom. The number of carbonyl (C=O) groups excluding carboxylic acids is 3. The highest BCUT2D eigenvalue weighted by Gasteiger charge is 2.19. The van der Waals surface area contributed by atoms with Crippen molar-refractivity contribution < 1.29 is 28.6 Å². The number of carbonyl (C=O) groups is 3. The van der Waals surface area contributed by atoms with E-state index in [1.807, 2.05) is 0 Å². The molecule has 0 aliphatic carbocycles. The van der Waals surface area contributed by atoms with Crippen LogP contribution in [0.5, 0.6) is 0 Å². The van der Waals surface area contributed by atoms with Crippen LogP contribution in [0.3, 0.4) is 0 Å². The molecule has 1 atom stereocenters. The van der Waals surface area contributed by atoms with Crippen molar-refractivity contribution in [2.24, 2.45) is 0 Å². The van der Waals surface area contributed by atoms with Crippen molar-refractivity contribution in [2.75, 3.05) is 13.2 Å². The molecule has 0 aromatic rings. The van der Waals surface area contributed by atoms with Crippen LogP contribution < -0.4 is 0 Å². The fourth-order valence-electron chi connectivity index (χ4n) is 9.40. The van der Waals surface area contributed by atoms with E-state index in [2.05, 4.69) is 106 Å². The molecule has 0 aliphatic rings. The van der Waals surface area contributed by atoms with Crippen molar-refractivity contribution in [2.45, 2.75) is 335 Å². The standard InChI is InChI=1S/C71H124O6/c1-4-7-10-13-16-19-22-25-28-30-31-32-33-34-35-36-37-38-39-41-43-46-49-52-55-58-61-64-70(73)76-67-68(66-75-69(72)63-60-57-54-51-48-45-42-27-24-21-18-15-12-9-6-3)77-71(74)65-62-59-56-53-50-47-44-40-29-26-23-20-17-14-11-8-5-2/h9,12,17-18,20-21,26-27,29-31,42,48,51,68H,4-8,10-11,13-16,19,22-25,28,32-41,43-47,49-50,52-67H2,1-3H3/b12-9-,20-17-,21-18-,29-26-,31-30-,42-27-,51-48-. The van der Waals surface area contributed by atoms with E-state index < -0.39 is 6.10 Å². The summed E-state index contributed by atoms with van der Waals surface area (Å²) in [4.78, 5) is 38.3. The van der Waals surface area contributed by atoms with Gasteiger partial charge in [0.05, 0.1) is 0 Å². The minimum Gasteiger partial charge on any atom is -0.462 e. The molecular formula is C71H124O6. The van der Waals surface area contributed by atoms with E-state index in [1.165, 1.54) is 193 Å². The first kappa shape index (κ1) is 73.6. The predicted octanol–water partition coefficient (Wildman–Crippen LogP) is 22.7. The highest BCUT2D eigenvalue weighted by Crippen LogP contribution is 2.17. The quantitative estimate of drug-likeness (QED) is 0.0261. The maximum atomic E-state index is 12.9. The van der Waals surface area contributed by atoms with Crippen molar-refractivity contribution in [3.05, 3.63) is 85.1 Å². The van der Waals surface area contributed by atoms with Gasteiger partial charge in [-0.25, -0.2) is 0 Å². The molecule has 444 valence electrons. The third-order valence-electron chi connectivity index (χ3n) is 14.4. The van der Waals surface area contributed by atoms with Crippen LogP contribution in [-0.2, 0) is 28.6 Å². The minimum absolute atomic E-state index is 0.0913. The minimum atomic E-state index is -0.799. The lowest BCUT2D eigenvalue weighted by Crippen LogP contribution is -2.30. The molecule has 6 heteroatoms. The van der Waals surface area contributed by atoms with E-state index in [0.29, 0.717) is 19.3 Å². The van der Waals surface area contributed by atoms with Gasteiger partial charge in [-0.3, -0.25) is 14.4 Å². The summed E-state index contributed by atoms with van der Waals surface area (Å²) in [6.07, 6.45) is 86.1. The van der Waals surface area contributed by atoms with Crippen LogP contribution in [0.15, 0.2) is 85.1 Å². The number of esters is 3. The molecule has 0 rings (SSSR count). The Kier molecular flexibility index (Phi) is 62.2. The van der Waals surface area contributed by atoms with Gasteiger partial charge in [0.15, 0.2) is 6.10 Å². The lowest BCUT2D eigenvalue weighted by molar-refractivity contribution is -0.167. The number of hydrogen-bond donors (Lipinski definition) is 0. The topological polar surface area (TPSA) is 78.9 Å². The summed E-state index contributed by atoms with van der Waals surface area (Å²) >= 11 is 0. The van der Waals surface area contributed by atoms with Crippen molar-refractivity contribution in [1.82, 2.24) is 0 Å². The van der Waals surface area contributed by atoms with Crippen molar-refractivity contribution in [1.29, 1.82) is 0 Å². The first-order valence-electron chi connectivity index (χ1n) is 33.1. The smallest absolute Gasteiger partial charge is 0.306 e. The number of ether oxygens (including phenoxy) is 3. The third-order valence-corrected chi connectivity index (χ3v) is 14.4. The normalized spacial score (nSPS) is 12.6. The molecule has 0 N–H and O–H groups in total. The Morgan fingerprint density at radius 3 is 0.857 bits per heavy atom. The SMILES string of the molecule is CC/C=C\C/C=C\C/C=C\C/C=C\CCCCC(=O)OCC(COC(=O)CCCCCCCCCCCCCCCCC/C=C\CCCCCCCCCC)OC(=O)CCCCCCCCC/C=C\C/C=C\CCCCC. The van der Waals surface area contributed by atoms with Crippen molar-refractivity contribution >= 4 is 17.9 Å². The van der Waals surface area contributed by atoms with Crippen LogP contribution in [0.25, 0.3) is 0 Å². The Labute approximate surface area is 477 Å². The van der Waals surface area contributed by atoms with Gasteiger partial charge in [-0.2, -0.15) is 0 Å². The van der Waals surface area contributed by atoms with Gasteiger partial charge in [0.1, 0.15) is 13.2 Å². The van der Waals surface area contributed by atoms with Crippen LogP contribution >= 0.6 is 0 Å². The Morgan fingerprint density at radius 1 is 0.273 bits per heavy atom. The lowest BCUT2D eigenvalue weighted by atomic mass is 10.0. The average Bonchev–Trinajstić information content (AvgIpc) is 3.43. The fraction of sp³-hybridized carbons (Fsp3) is 0.761. The van der Waals surface area contributed by atoms with Crippen LogP contribution in [0, 0.1) is 0 Å². The van der Waals surface area contributed by atoms with Gasteiger partial charge in [-0.1, -0.05) is 279 Å². The first-order chi connectivity index (χ1) is 38.0. The Bertz CT molecular complexity index is 1470. The molecule has 0 aromatic carbocycles. The molecule has 77 heavy (non-hydrogen) atoms. The molecule has 1 unspecified atom stereocenters. The van der Waals surface area contributed by atoms with Crippen molar-refractivity contribution in [3.8, 4) is 0 Å². The molecular weight excluding hydrogens is 949 g/mol. The predicted molar refractivity (Wildman–Crippen MR) is 334 cm³/mol. The second-order valence-electron chi connectivity index (χ2n) is 22.0. The highest BCUT2D eigenvalue weighted by molar-refractivity contribution is 5.71. The molecule has 0 saturated heterocycles. The van der Waals surface area contributed by atoms with E-state index in [9.17, 15) is 14.4 Å². The molecule has 0 fully saturated rings. The zero-order valence-electron chi connectivity index (χ0n) is 51.0. The second kappa shape index (κ2) is 65.1. The molecule has 6 nitrogen and oxygen atoms in total. The van der Waals surface area contributed by atoms with Gasteiger partial charge < -0.3 is 14.2 Å². The first-order valence-corrected chi connectivity index (χ1v) is 33.1. The van der Waals surface area contributed by atoms with E-state index in [1.54, 1.807) is 0 Å². The summed E-state index contributed by atoms with van der Waals surface area (Å²) in [5.74, 6) is -0.930. The van der Waals surface area contributed by atoms with Gasteiger partial charge in [-0.05, 0) is 116 Å². The number of rotatable bonds is 60. The molecule has 0 aliphatic heterocycles. The number of unbranched alkanes of at least 4 members (excludes halogenated alkanes) is 35. The summed E-state index contributed by atoms with van der Waals surface area (Å²) in [5, 5.41) is 0. The maximum Gasteiger partial charge on any atom is 0.306 e. The van der Waals surface area contributed by atoms with Crippen molar-refractivity contribution in [3.63, 3.8) is 0 Å². The van der Waals surface area contributed by atoms with Crippen LogP contribution in [0.4, 0.5) is 0 Å². The zero-order chi connectivity index (χ0) is 55.7. The number of allylic oxidation sites excluding steroid dienone is 14. The summed E-state index contributed by atoms with van der Waals surface area (Å²) in [6.45, 7) is 6.49. The molecule has 0 heterocycles. The molecule has 0 amide bonds.